The van der Waals surface area contributed by atoms with Gasteiger partial charge in [-0.15, -0.1) is 0 Å². The Morgan fingerprint density at radius 3 is 2.82 bits per heavy atom. The number of nitrogens with zero attached hydrogens (tertiary/aromatic N) is 3. The van der Waals surface area contributed by atoms with E-state index in [1.54, 1.807) is 4.52 Å². The lowest BCUT2D eigenvalue weighted by atomic mass is 9.86. The summed E-state index contributed by atoms with van der Waals surface area (Å²) in [7, 11) is 0. The number of hydrogen-bond donors (Lipinski definition) is 1. The van der Waals surface area contributed by atoms with Gasteiger partial charge in [-0.05, 0) is 31.0 Å². The molecule has 0 bridgehead atoms. The van der Waals surface area contributed by atoms with Gasteiger partial charge in [-0.25, -0.2) is 18.3 Å². The number of halogens is 2. The number of aromatic nitrogens is 3. The molecule has 4 rings (SSSR count). The summed E-state index contributed by atoms with van der Waals surface area (Å²) in [6.45, 7) is -0.333. The Bertz CT molecular complexity index is 854. The zero-order chi connectivity index (χ0) is 15.3. The van der Waals surface area contributed by atoms with Crippen LogP contribution in [-0.2, 0) is 6.61 Å². The van der Waals surface area contributed by atoms with Crippen molar-refractivity contribution in [2.24, 2.45) is 0 Å². The number of aliphatic hydroxyl groups is 1. The molecule has 0 saturated heterocycles. The SMILES string of the molecule is OCc1c(-c2cc(F)ccc2F)nc2sc(C3CCC3)nn12. The van der Waals surface area contributed by atoms with Gasteiger partial charge >= 0.3 is 0 Å². The molecule has 0 aliphatic heterocycles. The minimum Gasteiger partial charge on any atom is -0.390 e. The maximum atomic E-state index is 14.0. The highest BCUT2D eigenvalue weighted by atomic mass is 32.1. The van der Waals surface area contributed by atoms with Crippen molar-refractivity contribution in [3.05, 3.63) is 40.5 Å². The van der Waals surface area contributed by atoms with Gasteiger partial charge < -0.3 is 5.11 Å². The van der Waals surface area contributed by atoms with Gasteiger partial charge in [0.15, 0.2) is 0 Å². The standard InChI is InChI=1S/C15H13F2N3OS/c16-9-4-5-11(17)10(6-9)13-12(7-21)20-15(18-13)22-14(19-20)8-2-1-3-8/h4-6,8,21H,1-3,7H2. The average Bonchev–Trinajstić information content (AvgIpc) is 2.96. The zero-order valence-corrected chi connectivity index (χ0v) is 12.4. The molecule has 0 amide bonds. The van der Waals surface area contributed by atoms with E-state index in [0.29, 0.717) is 16.6 Å². The van der Waals surface area contributed by atoms with Crippen molar-refractivity contribution >= 4 is 16.3 Å². The Balaban J connectivity index is 1.87. The molecular weight excluding hydrogens is 308 g/mol. The van der Waals surface area contributed by atoms with Gasteiger partial charge in [-0.1, -0.05) is 17.8 Å². The fraction of sp³-hybridized carbons (Fsp3) is 0.333. The van der Waals surface area contributed by atoms with Gasteiger partial charge in [0.2, 0.25) is 4.96 Å². The first-order valence-corrected chi connectivity index (χ1v) is 7.93. The third kappa shape index (κ3) is 2.04. The van der Waals surface area contributed by atoms with Gasteiger partial charge in [0.25, 0.3) is 0 Å². The van der Waals surface area contributed by atoms with E-state index in [1.807, 2.05) is 0 Å². The fourth-order valence-corrected chi connectivity index (χ4v) is 3.75. The van der Waals surface area contributed by atoms with Crippen LogP contribution in [0.15, 0.2) is 18.2 Å². The van der Waals surface area contributed by atoms with Crippen molar-refractivity contribution in [3.8, 4) is 11.3 Å². The molecule has 0 atom stereocenters. The molecule has 114 valence electrons. The minimum atomic E-state index is -0.568. The smallest absolute Gasteiger partial charge is 0.213 e. The summed E-state index contributed by atoms with van der Waals surface area (Å²) in [6.07, 6.45) is 3.45. The number of benzene rings is 1. The van der Waals surface area contributed by atoms with E-state index in [4.69, 9.17) is 0 Å². The second kappa shape index (κ2) is 5.10. The van der Waals surface area contributed by atoms with Crippen LogP contribution >= 0.6 is 11.3 Å². The van der Waals surface area contributed by atoms with E-state index < -0.39 is 11.6 Å². The highest BCUT2D eigenvalue weighted by Gasteiger charge is 2.26. The van der Waals surface area contributed by atoms with Crippen molar-refractivity contribution in [1.82, 2.24) is 14.6 Å². The summed E-state index contributed by atoms with van der Waals surface area (Å²) < 4.78 is 28.9. The van der Waals surface area contributed by atoms with Crippen molar-refractivity contribution in [3.63, 3.8) is 0 Å². The Hall–Kier alpha value is -1.86. The quantitative estimate of drug-likeness (QED) is 0.803. The van der Waals surface area contributed by atoms with Crippen LogP contribution in [-0.4, -0.2) is 19.7 Å². The Morgan fingerprint density at radius 2 is 2.14 bits per heavy atom. The number of imidazole rings is 1. The highest BCUT2D eigenvalue weighted by molar-refractivity contribution is 7.16. The molecule has 0 radical (unpaired) electrons. The number of rotatable bonds is 3. The van der Waals surface area contributed by atoms with Crippen LogP contribution in [0.25, 0.3) is 16.2 Å². The molecule has 1 fully saturated rings. The topological polar surface area (TPSA) is 50.4 Å². The summed E-state index contributed by atoms with van der Waals surface area (Å²) in [6, 6.07) is 3.21. The monoisotopic (exact) mass is 321 g/mol. The van der Waals surface area contributed by atoms with E-state index in [1.165, 1.54) is 17.8 Å². The molecule has 7 heteroatoms. The van der Waals surface area contributed by atoms with Gasteiger partial charge in [-0.3, -0.25) is 0 Å². The predicted molar refractivity (Wildman–Crippen MR) is 78.7 cm³/mol. The first-order chi connectivity index (χ1) is 10.7. The van der Waals surface area contributed by atoms with Crippen molar-refractivity contribution in [1.29, 1.82) is 0 Å². The van der Waals surface area contributed by atoms with Crippen LogP contribution in [0.1, 0.15) is 35.9 Å². The molecule has 1 saturated carbocycles. The van der Waals surface area contributed by atoms with Crippen molar-refractivity contribution in [2.75, 3.05) is 0 Å². The molecule has 1 N–H and O–H groups in total. The maximum absolute atomic E-state index is 14.0. The summed E-state index contributed by atoms with van der Waals surface area (Å²) in [5, 5.41) is 15.1. The molecule has 2 aromatic heterocycles. The first kappa shape index (κ1) is 13.8. The Kier molecular flexibility index (Phi) is 3.19. The Labute approximate surface area is 129 Å². The molecule has 0 unspecified atom stereocenters. The number of aliphatic hydroxyl groups excluding tert-OH is 1. The molecule has 3 aromatic rings. The second-order valence-corrected chi connectivity index (χ2v) is 6.44. The third-order valence-corrected chi connectivity index (χ3v) is 5.17. The average molecular weight is 321 g/mol. The van der Waals surface area contributed by atoms with Crippen LogP contribution in [0.3, 0.4) is 0 Å². The van der Waals surface area contributed by atoms with Crippen LogP contribution in [0.2, 0.25) is 0 Å². The molecular formula is C15H13F2N3OS. The predicted octanol–water partition coefficient (Wildman–Crippen LogP) is 3.50. The van der Waals surface area contributed by atoms with Gasteiger partial charge in [0, 0.05) is 11.5 Å². The highest BCUT2D eigenvalue weighted by Crippen LogP contribution is 2.39. The lowest BCUT2D eigenvalue weighted by Crippen LogP contribution is -2.09. The lowest BCUT2D eigenvalue weighted by molar-refractivity contribution is 0.274. The van der Waals surface area contributed by atoms with E-state index in [-0.39, 0.29) is 17.9 Å². The van der Waals surface area contributed by atoms with E-state index in [0.717, 1.165) is 36.0 Å². The molecule has 4 nitrogen and oxygen atoms in total. The molecule has 1 aliphatic carbocycles. The van der Waals surface area contributed by atoms with Crippen molar-refractivity contribution < 1.29 is 13.9 Å². The molecule has 22 heavy (non-hydrogen) atoms. The van der Waals surface area contributed by atoms with Crippen molar-refractivity contribution in [2.45, 2.75) is 31.8 Å². The zero-order valence-electron chi connectivity index (χ0n) is 11.6. The second-order valence-electron chi connectivity index (χ2n) is 5.45. The Morgan fingerprint density at radius 1 is 1.32 bits per heavy atom. The largest absolute Gasteiger partial charge is 0.390 e. The molecule has 1 aromatic carbocycles. The third-order valence-electron chi connectivity index (χ3n) is 4.10. The summed E-state index contributed by atoms with van der Waals surface area (Å²) >= 11 is 1.45. The maximum Gasteiger partial charge on any atom is 0.213 e. The molecule has 0 spiro atoms. The first-order valence-electron chi connectivity index (χ1n) is 7.12. The summed E-state index contributed by atoms with van der Waals surface area (Å²) in [4.78, 5) is 4.97. The van der Waals surface area contributed by atoms with Crippen LogP contribution in [0.5, 0.6) is 0 Å². The van der Waals surface area contributed by atoms with Crippen LogP contribution in [0.4, 0.5) is 8.78 Å². The summed E-state index contributed by atoms with van der Waals surface area (Å²) in [5.41, 5.74) is 0.687. The van der Waals surface area contributed by atoms with Gasteiger partial charge in [0.1, 0.15) is 22.3 Å². The number of fused-ring (bicyclic) bond motifs is 1. The van der Waals surface area contributed by atoms with Crippen LogP contribution in [0, 0.1) is 11.6 Å². The normalized spacial score (nSPS) is 15.4. The van der Waals surface area contributed by atoms with E-state index in [9.17, 15) is 13.9 Å². The van der Waals surface area contributed by atoms with E-state index in [2.05, 4.69) is 10.1 Å². The molecule has 1 aliphatic rings. The molecule has 2 heterocycles. The number of hydrogen-bond acceptors (Lipinski definition) is 4. The fourth-order valence-electron chi connectivity index (χ4n) is 2.66. The van der Waals surface area contributed by atoms with E-state index >= 15 is 0 Å². The van der Waals surface area contributed by atoms with Gasteiger partial charge in [0.05, 0.1) is 12.3 Å². The summed E-state index contributed by atoms with van der Waals surface area (Å²) in [5.74, 6) is -0.645. The lowest BCUT2D eigenvalue weighted by Gasteiger charge is -2.21. The van der Waals surface area contributed by atoms with Crippen LogP contribution < -0.4 is 0 Å². The minimum absolute atomic E-state index is 0.0481. The van der Waals surface area contributed by atoms with Gasteiger partial charge in [-0.2, -0.15) is 5.10 Å².